The molecule has 1 N–H and O–H groups in total. The molecule has 0 bridgehead atoms. The van der Waals surface area contributed by atoms with Crippen molar-refractivity contribution in [2.45, 2.75) is 25.8 Å². The molecule has 2 heteroatoms. The van der Waals surface area contributed by atoms with E-state index >= 15 is 0 Å². The van der Waals surface area contributed by atoms with Gasteiger partial charge in [-0.1, -0.05) is 13.8 Å². The summed E-state index contributed by atoms with van der Waals surface area (Å²) in [7, 11) is 0. The van der Waals surface area contributed by atoms with Gasteiger partial charge in [-0.05, 0) is 13.0 Å². The molecule has 0 saturated carbocycles. The van der Waals surface area contributed by atoms with Crippen molar-refractivity contribution in [1.29, 1.82) is 0 Å². The molecule has 1 nitrogen and oxygen atoms in total. The first-order valence-corrected chi connectivity index (χ1v) is 3.12. The van der Waals surface area contributed by atoms with Gasteiger partial charge in [-0.3, -0.25) is 0 Å². The highest BCUT2D eigenvalue weighted by Crippen LogP contribution is 1.93. The minimum atomic E-state index is 0.171. The van der Waals surface area contributed by atoms with Gasteiger partial charge in [-0.15, -0.1) is 11.6 Å². The standard InChI is InChI=1S/C5H12ClN/c1-3-5(6)7-4-2/h5,7H,3-4H2,1-2H3/t5-/m0/s1. The van der Waals surface area contributed by atoms with E-state index in [-0.39, 0.29) is 5.50 Å². The maximum absolute atomic E-state index is 5.65. The molecule has 0 heterocycles. The van der Waals surface area contributed by atoms with Crippen LogP contribution in [0.1, 0.15) is 20.3 Å². The van der Waals surface area contributed by atoms with Crippen LogP contribution in [0.2, 0.25) is 0 Å². The van der Waals surface area contributed by atoms with Gasteiger partial charge in [-0.2, -0.15) is 0 Å². The van der Waals surface area contributed by atoms with E-state index in [1.807, 2.05) is 6.92 Å². The van der Waals surface area contributed by atoms with Gasteiger partial charge in [0.2, 0.25) is 0 Å². The van der Waals surface area contributed by atoms with Gasteiger partial charge in [0.05, 0.1) is 5.50 Å². The third-order valence-electron chi connectivity index (χ3n) is 0.784. The fourth-order valence-electron chi connectivity index (χ4n) is 0.366. The number of halogens is 1. The van der Waals surface area contributed by atoms with E-state index < -0.39 is 0 Å². The maximum atomic E-state index is 5.65. The lowest BCUT2D eigenvalue weighted by Gasteiger charge is -2.03. The minimum Gasteiger partial charge on any atom is -0.302 e. The summed E-state index contributed by atoms with van der Waals surface area (Å²) in [5.41, 5.74) is 0.171. The second-order valence-corrected chi connectivity index (χ2v) is 1.96. The van der Waals surface area contributed by atoms with E-state index in [0.717, 1.165) is 13.0 Å². The van der Waals surface area contributed by atoms with Crippen molar-refractivity contribution in [2.24, 2.45) is 0 Å². The summed E-state index contributed by atoms with van der Waals surface area (Å²) >= 11 is 5.65. The van der Waals surface area contributed by atoms with Crippen LogP contribution >= 0.6 is 11.6 Å². The summed E-state index contributed by atoms with van der Waals surface area (Å²) in [5.74, 6) is 0. The summed E-state index contributed by atoms with van der Waals surface area (Å²) in [5, 5.41) is 3.06. The van der Waals surface area contributed by atoms with Crippen molar-refractivity contribution < 1.29 is 0 Å². The Morgan fingerprint density at radius 3 is 2.29 bits per heavy atom. The molecular formula is C5H12ClN. The smallest absolute Gasteiger partial charge is 0.0822 e. The van der Waals surface area contributed by atoms with Crippen LogP contribution < -0.4 is 5.32 Å². The molecule has 0 amide bonds. The lowest BCUT2D eigenvalue weighted by Crippen LogP contribution is -2.21. The van der Waals surface area contributed by atoms with E-state index in [9.17, 15) is 0 Å². The Hall–Kier alpha value is 0.250. The van der Waals surface area contributed by atoms with Crippen molar-refractivity contribution in [3.05, 3.63) is 0 Å². The van der Waals surface area contributed by atoms with Gasteiger partial charge in [0, 0.05) is 0 Å². The largest absolute Gasteiger partial charge is 0.302 e. The monoisotopic (exact) mass is 121 g/mol. The molecule has 0 rings (SSSR count). The first-order chi connectivity index (χ1) is 3.31. The average Bonchev–Trinajstić information content (AvgIpc) is 1.68. The molecule has 0 fully saturated rings. The van der Waals surface area contributed by atoms with Gasteiger partial charge in [0.25, 0.3) is 0 Å². The predicted molar refractivity (Wildman–Crippen MR) is 33.6 cm³/mol. The van der Waals surface area contributed by atoms with Gasteiger partial charge < -0.3 is 5.32 Å². The Kier molecular flexibility index (Phi) is 4.57. The summed E-state index contributed by atoms with van der Waals surface area (Å²) in [6.45, 7) is 5.06. The molecule has 0 spiro atoms. The number of rotatable bonds is 3. The number of hydrogen-bond acceptors (Lipinski definition) is 1. The SMILES string of the molecule is CCN[C@H](Cl)CC. The zero-order chi connectivity index (χ0) is 5.70. The third-order valence-corrected chi connectivity index (χ3v) is 1.25. The van der Waals surface area contributed by atoms with Crippen LogP contribution in [0.5, 0.6) is 0 Å². The van der Waals surface area contributed by atoms with Crippen molar-refractivity contribution in [3.63, 3.8) is 0 Å². The number of nitrogens with one attached hydrogen (secondary N) is 1. The van der Waals surface area contributed by atoms with Crippen LogP contribution in [0.3, 0.4) is 0 Å². The first kappa shape index (κ1) is 7.25. The van der Waals surface area contributed by atoms with Crippen molar-refractivity contribution in [1.82, 2.24) is 5.32 Å². The molecular weight excluding hydrogens is 110 g/mol. The van der Waals surface area contributed by atoms with E-state index in [4.69, 9.17) is 11.6 Å². The van der Waals surface area contributed by atoms with Crippen LogP contribution in [0.4, 0.5) is 0 Å². The Labute approximate surface area is 50.1 Å². The van der Waals surface area contributed by atoms with Crippen LogP contribution in [0.25, 0.3) is 0 Å². The van der Waals surface area contributed by atoms with Crippen LogP contribution in [0, 0.1) is 0 Å². The van der Waals surface area contributed by atoms with E-state index in [1.54, 1.807) is 0 Å². The Morgan fingerprint density at radius 1 is 1.57 bits per heavy atom. The van der Waals surface area contributed by atoms with Gasteiger partial charge in [-0.25, -0.2) is 0 Å². The molecule has 0 radical (unpaired) electrons. The average molecular weight is 122 g/mol. The summed E-state index contributed by atoms with van der Waals surface area (Å²) < 4.78 is 0. The predicted octanol–water partition coefficient (Wildman–Crippen LogP) is 1.57. The molecule has 0 aromatic carbocycles. The fourth-order valence-corrected chi connectivity index (χ4v) is 0.520. The van der Waals surface area contributed by atoms with Gasteiger partial charge in [0.15, 0.2) is 0 Å². The van der Waals surface area contributed by atoms with E-state index in [0.29, 0.717) is 0 Å². The number of hydrogen-bond donors (Lipinski definition) is 1. The highest BCUT2D eigenvalue weighted by molar-refractivity contribution is 6.20. The Bertz CT molecular complexity index is 39.1. The third kappa shape index (κ3) is 4.10. The van der Waals surface area contributed by atoms with Gasteiger partial charge in [0.1, 0.15) is 0 Å². The lowest BCUT2D eigenvalue weighted by atomic mass is 10.5. The Morgan fingerprint density at radius 2 is 2.14 bits per heavy atom. The van der Waals surface area contributed by atoms with Gasteiger partial charge >= 0.3 is 0 Å². The summed E-state index contributed by atoms with van der Waals surface area (Å²) in [4.78, 5) is 0. The summed E-state index contributed by atoms with van der Waals surface area (Å²) in [6.07, 6.45) is 0.995. The topological polar surface area (TPSA) is 12.0 Å². The summed E-state index contributed by atoms with van der Waals surface area (Å²) in [6, 6.07) is 0. The van der Waals surface area contributed by atoms with Crippen molar-refractivity contribution >= 4 is 11.6 Å². The van der Waals surface area contributed by atoms with Crippen molar-refractivity contribution in [2.75, 3.05) is 6.54 Å². The zero-order valence-electron chi connectivity index (χ0n) is 4.87. The lowest BCUT2D eigenvalue weighted by molar-refractivity contribution is 0.650. The molecule has 1 atom stereocenters. The van der Waals surface area contributed by atoms with Crippen LogP contribution in [0.15, 0.2) is 0 Å². The number of alkyl halides is 1. The molecule has 7 heavy (non-hydrogen) atoms. The molecule has 0 saturated heterocycles. The second-order valence-electron chi connectivity index (χ2n) is 1.43. The molecule has 0 aromatic heterocycles. The van der Waals surface area contributed by atoms with E-state index in [2.05, 4.69) is 12.2 Å². The zero-order valence-corrected chi connectivity index (χ0v) is 5.63. The minimum absolute atomic E-state index is 0.171. The second kappa shape index (κ2) is 4.41. The molecule has 0 aliphatic rings. The van der Waals surface area contributed by atoms with E-state index in [1.165, 1.54) is 0 Å². The highest BCUT2D eigenvalue weighted by atomic mass is 35.5. The van der Waals surface area contributed by atoms with Crippen LogP contribution in [-0.4, -0.2) is 12.0 Å². The fraction of sp³-hybridized carbons (Fsp3) is 1.00. The van der Waals surface area contributed by atoms with Crippen molar-refractivity contribution in [3.8, 4) is 0 Å². The molecule has 44 valence electrons. The first-order valence-electron chi connectivity index (χ1n) is 2.68. The normalized spacial score (nSPS) is 14.1. The molecule has 0 unspecified atom stereocenters. The quantitative estimate of drug-likeness (QED) is 0.442. The van der Waals surface area contributed by atoms with Crippen LogP contribution in [-0.2, 0) is 0 Å². The maximum Gasteiger partial charge on any atom is 0.0822 e. The Balaban J connectivity index is 2.83. The molecule has 0 aliphatic carbocycles. The molecule has 0 aromatic rings. The highest BCUT2D eigenvalue weighted by Gasteiger charge is 1.93. The molecule has 0 aliphatic heterocycles.